The summed E-state index contributed by atoms with van der Waals surface area (Å²) >= 11 is 0. The van der Waals surface area contributed by atoms with Gasteiger partial charge in [0.25, 0.3) is 5.69 Å². The summed E-state index contributed by atoms with van der Waals surface area (Å²) in [6.45, 7) is 1.94. The third-order valence-corrected chi connectivity index (χ3v) is 3.10. The first-order chi connectivity index (χ1) is 9.65. The SMILES string of the molecule is Cc1cc2cc([N+](=O)[O-])ccc2n1Nc1ccncc1. The summed E-state index contributed by atoms with van der Waals surface area (Å²) in [6, 6.07) is 10.5. The van der Waals surface area contributed by atoms with Gasteiger partial charge in [0.1, 0.15) is 0 Å². The molecule has 0 atom stereocenters. The fourth-order valence-electron chi connectivity index (χ4n) is 2.16. The lowest BCUT2D eigenvalue weighted by molar-refractivity contribution is -0.384. The molecule has 0 radical (unpaired) electrons. The molecule has 1 N–H and O–H groups in total. The maximum absolute atomic E-state index is 10.8. The van der Waals surface area contributed by atoms with Gasteiger partial charge in [-0.1, -0.05) is 0 Å². The van der Waals surface area contributed by atoms with Crippen molar-refractivity contribution in [3.63, 3.8) is 0 Å². The van der Waals surface area contributed by atoms with Gasteiger partial charge in [0.05, 0.1) is 16.1 Å². The molecule has 2 heterocycles. The Morgan fingerprint density at radius 1 is 1.20 bits per heavy atom. The molecule has 0 saturated carbocycles. The highest BCUT2D eigenvalue weighted by atomic mass is 16.6. The minimum absolute atomic E-state index is 0.0959. The molecule has 2 aromatic heterocycles. The fraction of sp³-hybridized carbons (Fsp3) is 0.0714. The van der Waals surface area contributed by atoms with Crippen LogP contribution in [0.15, 0.2) is 48.8 Å². The summed E-state index contributed by atoms with van der Waals surface area (Å²) < 4.78 is 1.90. The quantitative estimate of drug-likeness (QED) is 0.585. The van der Waals surface area contributed by atoms with Crippen LogP contribution in [0.4, 0.5) is 11.4 Å². The van der Waals surface area contributed by atoms with Gasteiger partial charge in [0.2, 0.25) is 0 Å². The van der Waals surface area contributed by atoms with E-state index in [1.165, 1.54) is 6.07 Å². The summed E-state index contributed by atoms with van der Waals surface area (Å²) in [5.41, 5.74) is 6.11. The Balaban J connectivity index is 2.07. The zero-order chi connectivity index (χ0) is 14.1. The van der Waals surface area contributed by atoms with E-state index >= 15 is 0 Å². The zero-order valence-electron chi connectivity index (χ0n) is 10.8. The molecule has 0 bridgehead atoms. The minimum Gasteiger partial charge on any atom is -0.294 e. The molecule has 0 aliphatic carbocycles. The number of nitrogens with one attached hydrogen (secondary N) is 1. The van der Waals surface area contributed by atoms with Gasteiger partial charge in [-0.2, -0.15) is 0 Å². The average Bonchev–Trinajstić information content (AvgIpc) is 2.75. The highest BCUT2D eigenvalue weighted by Crippen LogP contribution is 2.24. The number of nitro groups is 1. The molecular weight excluding hydrogens is 256 g/mol. The van der Waals surface area contributed by atoms with Crippen molar-refractivity contribution >= 4 is 22.3 Å². The number of anilines is 1. The second kappa shape index (κ2) is 4.65. The molecule has 0 amide bonds. The Morgan fingerprint density at radius 3 is 2.65 bits per heavy atom. The monoisotopic (exact) mass is 268 g/mol. The van der Waals surface area contributed by atoms with Crippen molar-refractivity contribution in [2.45, 2.75) is 6.92 Å². The van der Waals surface area contributed by atoms with Crippen molar-refractivity contribution in [2.75, 3.05) is 5.43 Å². The Labute approximate surface area is 114 Å². The highest BCUT2D eigenvalue weighted by Gasteiger charge is 2.11. The number of non-ortho nitro benzene ring substituents is 1. The van der Waals surface area contributed by atoms with Gasteiger partial charge in [-0.3, -0.25) is 25.2 Å². The summed E-state index contributed by atoms with van der Waals surface area (Å²) in [5, 5.41) is 11.6. The average molecular weight is 268 g/mol. The molecule has 3 aromatic rings. The van der Waals surface area contributed by atoms with E-state index in [4.69, 9.17) is 0 Å². The van der Waals surface area contributed by atoms with E-state index in [1.54, 1.807) is 24.5 Å². The first-order valence-electron chi connectivity index (χ1n) is 6.09. The van der Waals surface area contributed by atoms with E-state index in [0.717, 1.165) is 22.3 Å². The number of aromatic nitrogens is 2. The normalized spacial score (nSPS) is 10.7. The van der Waals surface area contributed by atoms with Gasteiger partial charge in [0, 0.05) is 35.6 Å². The predicted molar refractivity (Wildman–Crippen MR) is 76.6 cm³/mol. The molecule has 0 spiro atoms. The van der Waals surface area contributed by atoms with Crippen LogP contribution in [0.3, 0.4) is 0 Å². The van der Waals surface area contributed by atoms with Crippen molar-refractivity contribution in [2.24, 2.45) is 0 Å². The van der Waals surface area contributed by atoms with Gasteiger partial charge in [-0.25, -0.2) is 0 Å². The van der Waals surface area contributed by atoms with E-state index in [9.17, 15) is 10.1 Å². The lowest BCUT2D eigenvalue weighted by Gasteiger charge is -2.11. The Morgan fingerprint density at radius 2 is 1.95 bits per heavy atom. The summed E-state index contributed by atoms with van der Waals surface area (Å²) in [5.74, 6) is 0. The van der Waals surface area contributed by atoms with Crippen LogP contribution in [-0.2, 0) is 0 Å². The van der Waals surface area contributed by atoms with Crippen LogP contribution in [0, 0.1) is 17.0 Å². The second-order valence-corrected chi connectivity index (χ2v) is 4.47. The Hall–Kier alpha value is -2.89. The fourth-order valence-corrected chi connectivity index (χ4v) is 2.16. The molecule has 6 heteroatoms. The molecular formula is C14H12N4O2. The molecule has 0 aliphatic rings. The van der Waals surface area contributed by atoms with Crippen LogP contribution in [0.25, 0.3) is 10.9 Å². The number of nitro benzene ring substituents is 1. The van der Waals surface area contributed by atoms with Gasteiger partial charge in [-0.15, -0.1) is 0 Å². The van der Waals surface area contributed by atoms with Crippen molar-refractivity contribution < 1.29 is 4.92 Å². The maximum Gasteiger partial charge on any atom is 0.270 e. The summed E-state index contributed by atoms with van der Waals surface area (Å²) in [7, 11) is 0. The first kappa shape index (κ1) is 12.2. The van der Waals surface area contributed by atoms with Crippen molar-refractivity contribution in [1.29, 1.82) is 0 Å². The first-order valence-corrected chi connectivity index (χ1v) is 6.09. The number of hydrogen-bond acceptors (Lipinski definition) is 4. The second-order valence-electron chi connectivity index (χ2n) is 4.47. The molecule has 100 valence electrons. The van der Waals surface area contributed by atoms with E-state index in [0.29, 0.717) is 0 Å². The molecule has 0 saturated heterocycles. The van der Waals surface area contributed by atoms with Gasteiger partial charge < -0.3 is 0 Å². The molecule has 6 nitrogen and oxygen atoms in total. The third kappa shape index (κ3) is 2.07. The van der Waals surface area contributed by atoms with Crippen LogP contribution < -0.4 is 5.43 Å². The van der Waals surface area contributed by atoms with E-state index in [1.807, 2.05) is 29.8 Å². The highest BCUT2D eigenvalue weighted by molar-refractivity contribution is 5.84. The zero-order valence-corrected chi connectivity index (χ0v) is 10.8. The Bertz CT molecular complexity index is 780. The minimum atomic E-state index is -0.387. The van der Waals surface area contributed by atoms with E-state index in [2.05, 4.69) is 10.4 Å². The van der Waals surface area contributed by atoms with Gasteiger partial charge >= 0.3 is 0 Å². The summed E-state index contributed by atoms with van der Waals surface area (Å²) in [4.78, 5) is 14.4. The van der Waals surface area contributed by atoms with Crippen LogP contribution in [-0.4, -0.2) is 14.6 Å². The Kier molecular flexibility index (Phi) is 2.83. The third-order valence-electron chi connectivity index (χ3n) is 3.10. The van der Waals surface area contributed by atoms with Crippen LogP contribution in [0.5, 0.6) is 0 Å². The number of hydrogen-bond donors (Lipinski definition) is 1. The van der Waals surface area contributed by atoms with Gasteiger partial charge in [-0.05, 0) is 31.2 Å². The molecule has 1 aromatic carbocycles. The molecule has 20 heavy (non-hydrogen) atoms. The topological polar surface area (TPSA) is 73.0 Å². The van der Waals surface area contributed by atoms with Gasteiger partial charge in [0.15, 0.2) is 0 Å². The van der Waals surface area contributed by atoms with Crippen LogP contribution >= 0.6 is 0 Å². The van der Waals surface area contributed by atoms with Crippen LogP contribution in [0.2, 0.25) is 0 Å². The number of nitrogens with zero attached hydrogens (tertiary/aromatic N) is 3. The number of aryl methyl sites for hydroxylation is 1. The standard InChI is InChI=1S/C14H12N4O2/c1-10-8-11-9-13(18(19)20)2-3-14(11)17(10)16-12-4-6-15-7-5-12/h2-9H,1H3,(H,15,16). The smallest absolute Gasteiger partial charge is 0.270 e. The number of benzene rings is 1. The van der Waals surface area contributed by atoms with E-state index in [-0.39, 0.29) is 10.6 Å². The van der Waals surface area contributed by atoms with Crippen molar-refractivity contribution in [3.8, 4) is 0 Å². The number of fused-ring (bicyclic) bond motifs is 1. The maximum atomic E-state index is 10.8. The lowest BCUT2D eigenvalue weighted by atomic mass is 10.2. The number of pyridine rings is 1. The predicted octanol–water partition coefficient (Wildman–Crippen LogP) is 3.13. The summed E-state index contributed by atoms with van der Waals surface area (Å²) in [6.07, 6.45) is 3.41. The van der Waals surface area contributed by atoms with Crippen molar-refractivity contribution in [1.82, 2.24) is 9.66 Å². The molecule has 0 aliphatic heterocycles. The molecule has 0 unspecified atom stereocenters. The molecule has 0 fully saturated rings. The van der Waals surface area contributed by atoms with E-state index < -0.39 is 0 Å². The van der Waals surface area contributed by atoms with Crippen molar-refractivity contribution in [3.05, 3.63) is 64.6 Å². The number of rotatable bonds is 3. The van der Waals surface area contributed by atoms with Crippen LogP contribution in [0.1, 0.15) is 5.69 Å². The largest absolute Gasteiger partial charge is 0.294 e. The molecule has 3 rings (SSSR count). The lowest BCUT2D eigenvalue weighted by Crippen LogP contribution is -2.10.